The molecular formula is C28H47N3O5. The first kappa shape index (κ1) is 31.4. The Hall–Kier alpha value is -2.61. The second-order valence-corrected chi connectivity index (χ2v) is 11.1. The third kappa shape index (κ3) is 9.45. The molecule has 0 heterocycles. The van der Waals surface area contributed by atoms with Crippen molar-refractivity contribution in [3.8, 4) is 0 Å². The van der Waals surface area contributed by atoms with Crippen molar-refractivity contribution in [2.45, 2.75) is 111 Å². The topological polar surface area (TPSA) is 108 Å². The van der Waals surface area contributed by atoms with Crippen LogP contribution < -0.4 is 10.6 Å². The van der Waals surface area contributed by atoms with Crippen molar-refractivity contribution in [1.82, 2.24) is 15.5 Å². The number of carbonyl (C=O) groups is 3. The summed E-state index contributed by atoms with van der Waals surface area (Å²) in [4.78, 5) is 41.6. The average molecular weight is 506 g/mol. The van der Waals surface area contributed by atoms with Gasteiger partial charge < -0.3 is 25.4 Å². The van der Waals surface area contributed by atoms with E-state index in [1.807, 2.05) is 52.8 Å². The van der Waals surface area contributed by atoms with Crippen LogP contribution in [0.25, 0.3) is 0 Å². The Morgan fingerprint density at radius 1 is 1.00 bits per heavy atom. The van der Waals surface area contributed by atoms with Gasteiger partial charge >= 0.3 is 6.09 Å². The second kappa shape index (κ2) is 13.6. The molecule has 0 bridgehead atoms. The van der Waals surface area contributed by atoms with Gasteiger partial charge in [-0.05, 0) is 66.9 Å². The van der Waals surface area contributed by atoms with Gasteiger partial charge in [-0.3, -0.25) is 9.59 Å². The maximum Gasteiger partial charge on any atom is 0.408 e. The number of hydrogen-bond acceptors (Lipinski definition) is 5. The molecule has 2 unspecified atom stereocenters. The van der Waals surface area contributed by atoms with E-state index < -0.39 is 41.8 Å². The van der Waals surface area contributed by atoms with Crippen LogP contribution in [0.15, 0.2) is 18.2 Å². The molecule has 0 fully saturated rings. The molecule has 3 amide bonds. The molecule has 0 radical (unpaired) electrons. The molecule has 36 heavy (non-hydrogen) atoms. The van der Waals surface area contributed by atoms with Gasteiger partial charge in [0.05, 0.1) is 6.61 Å². The number of alkyl carbamates (subject to hydrolysis) is 1. The maximum atomic E-state index is 14.0. The van der Waals surface area contributed by atoms with E-state index >= 15 is 0 Å². The van der Waals surface area contributed by atoms with Crippen LogP contribution in [0, 0.1) is 13.8 Å². The Morgan fingerprint density at radius 3 is 2.06 bits per heavy atom. The number of ether oxygens (including phenoxy) is 1. The van der Waals surface area contributed by atoms with Gasteiger partial charge in [0.15, 0.2) is 0 Å². The van der Waals surface area contributed by atoms with E-state index in [2.05, 4.69) is 17.6 Å². The number of aliphatic hydroxyl groups is 1. The molecule has 0 aliphatic heterocycles. The number of benzene rings is 1. The van der Waals surface area contributed by atoms with Gasteiger partial charge in [0.1, 0.15) is 17.7 Å². The summed E-state index contributed by atoms with van der Waals surface area (Å²) >= 11 is 0. The molecule has 0 spiro atoms. The summed E-state index contributed by atoms with van der Waals surface area (Å²) in [5, 5.41) is 15.6. The van der Waals surface area contributed by atoms with Gasteiger partial charge in [0.2, 0.25) is 11.8 Å². The Balaban J connectivity index is 3.53. The Bertz CT molecular complexity index is 871. The lowest BCUT2D eigenvalue weighted by Gasteiger charge is -2.44. The smallest absolute Gasteiger partial charge is 0.408 e. The predicted molar refractivity (Wildman–Crippen MR) is 143 cm³/mol. The molecule has 0 aliphatic rings. The van der Waals surface area contributed by atoms with Gasteiger partial charge in [0.25, 0.3) is 0 Å². The van der Waals surface area contributed by atoms with Crippen molar-refractivity contribution in [3.63, 3.8) is 0 Å². The number of aliphatic hydroxyl groups excluding tert-OH is 1. The number of nitrogens with zero attached hydrogens (tertiary/aromatic N) is 1. The minimum atomic E-state index is -1.27. The quantitative estimate of drug-likeness (QED) is 0.361. The molecule has 0 saturated heterocycles. The minimum Gasteiger partial charge on any atom is -0.444 e. The highest BCUT2D eigenvalue weighted by molar-refractivity contribution is 5.92. The zero-order valence-corrected chi connectivity index (χ0v) is 23.7. The van der Waals surface area contributed by atoms with Crippen LogP contribution in [0.1, 0.15) is 96.9 Å². The molecule has 1 rings (SSSR count). The lowest BCUT2D eigenvalue weighted by molar-refractivity contribution is -0.150. The van der Waals surface area contributed by atoms with E-state index in [9.17, 15) is 19.5 Å². The van der Waals surface area contributed by atoms with Gasteiger partial charge in [0, 0.05) is 12.1 Å². The summed E-state index contributed by atoms with van der Waals surface area (Å²) in [6.45, 7) is 16.7. The van der Waals surface area contributed by atoms with Gasteiger partial charge in [-0.15, -0.1) is 0 Å². The van der Waals surface area contributed by atoms with Crippen molar-refractivity contribution < 1.29 is 24.2 Å². The zero-order chi connectivity index (χ0) is 27.7. The molecule has 204 valence electrons. The van der Waals surface area contributed by atoms with Crippen LogP contribution in [0.2, 0.25) is 0 Å². The van der Waals surface area contributed by atoms with Crippen molar-refractivity contribution in [2.24, 2.45) is 0 Å². The maximum absolute atomic E-state index is 14.0. The van der Waals surface area contributed by atoms with Crippen LogP contribution >= 0.6 is 0 Å². The molecule has 0 saturated carbocycles. The minimum absolute atomic E-state index is 0.292. The number of unbranched alkanes of at least 4 members (excludes halogenated alkanes) is 2. The first-order valence-electron chi connectivity index (χ1n) is 13.0. The van der Waals surface area contributed by atoms with Crippen LogP contribution in [0.4, 0.5) is 4.79 Å². The summed E-state index contributed by atoms with van der Waals surface area (Å²) in [6, 6.07) is 3.61. The van der Waals surface area contributed by atoms with Crippen LogP contribution in [-0.4, -0.2) is 58.2 Å². The Kier molecular flexibility index (Phi) is 11.9. The van der Waals surface area contributed by atoms with Crippen LogP contribution in [-0.2, 0) is 14.3 Å². The summed E-state index contributed by atoms with van der Waals surface area (Å²) in [5.41, 5.74) is 1.10. The van der Waals surface area contributed by atoms with E-state index in [4.69, 9.17) is 4.74 Å². The lowest BCUT2D eigenvalue weighted by Crippen LogP contribution is -2.60. The fraction of sp³-hybridized carbons (Fsp3) is 0.679. The van der Waals surface area contributed by atoms with Crippen molar-refractivity contribution in [1.29, 1.82) is 0 Å². The summed E-state index contributed by atoms with van der Waals surface area (Å²) in [7, 11) is 0. The largest absolute Gasteiger partial charge is 0.444 e. The van der Waals surface area contributed by atoms with Crippen molar-refractivity contribution >= 4 is 17.9 Å². The van der Waals surface area contributed by atoms with Crippen LogP contribution in [0.3, 0.4) is 0 Å². The molecule has 1 aromatic carbocycles. The van der Waals surface area contributed by atoms with Crippen molar-refractivity contribution in [3.05, 3.63) is 34.9 Å². The SMILES string of the molecule is CCCCCNC(=O)C(c1cc(C)cc(C)c1)N(C(=O)C(CO)NC(=O)OC(C)(C)C)C(C)(C)CC. The molecule has 0 aromatic heterocycles. The van der Waals surface area contributed by atoms with Crippen molar-refractivity contribution in [2.75, 3.05) is 13.2 Å². The summed E-state index contributed by atoms with van der Waals surface area (Å²) in [5.74, 6) is -0.844. The average Bonchev–Trinajstić information content (AvgIpc) is 2.76. The molecule has 3 N–H and O–H groups in total. The molecular weight excluding hydrogens is 458 g/mol. The van der Waals surface area contributed by atoms with Crippen LogP contribution in [0.5, 0.6) is 0 Å². The van der Waals surface area contributed by atoms with Gasteiger partial charge in [-0.25, -0.2) is 4.79 Å². The summed E-state index contributed by atoms with van der Waals surface area (Å²) < 4.78 is 5.30. The van der Waals surface area contributed by atoms with E-state index in [1.165, 1.54) is 4.90 Å². The first-order valence-corrected chi connectivity index (χ1v) is 13.0. The molecule has 2 atom stereocenters. The van der Waals surface area contributed by atoms with Gasteiger partial charge in [-0.1, -0.05) is 56.0 Å². The Morgan fingerprint density at radius 2 is 1.58 bits per heavy atom. The third-order valence-electron chi connectivity index (χ3n) is 6.07. The number of amides is 3. The number of hydrogen-bond donors (Lipinski definition) is 3. The zero-order valence-electron chi connectivity index (χ0n) is 23.7. The summed E-state index contributed by atoms with van der Waals surface area (Å²) in [6.07, 6.45) is 2.60. The van der Waals surface area contributed by atoms with E-state index in [1.54, 1.807) is 20.8 Å². The predicted octanol–water partition coefficient (Wildman–Crippen LogP) is 4.55. The highest BCUT2D eigenvalue weighted by Crippen LogP contribution is 2.33. The standard InChI is InChI=1S/C28H47N3O5/c1-10-12-13-14-29-24(33)23(21-16-19(3)15-20(4)17-21)31(28(8,9)11-2)25(34)22(18-32)30-26(35)36-27(5,6)7/h15-17,22-23,32H,10-14,18H2,1-9H3,(H,29,33)(H,30,35). The molecule has 8 heteroatoms. The number of nitrogens with one attached hydrogen (secondary N) is 2. The number of carbonyl (C=O) groups excluding carboxylic acids is 3. The molecule has 1 aromatic rings. The highest BCUT2D eigenvalue weighted by Gasteiger charge is 2.43. The van der Waals surface area contributed by atoms with E-state index in [-0.39, 0.29) is 5.91 Å². The fourth-order valence-corrected chi connectivity index (χ4v) is 4.02. The van der Waals surface area contributed by atoms with E-state index in [0.29, 0.717) is 18.5 Å². The Labute approximate surface area is 217 Å². The number of aryl methyl sites for hydroxylation is 2. The van der Waals surface area contributed by atoms with Gasteiger partial charge in [-0.2, -0.15) is 0 Å². The monoisotopic (exact) mass is 505 g/mol. The number of rotatable bonds is 12. The normalized spacial score (nSPS) is 13.5. The third-order valence-corrected chi connectivity index (χ3v) is 6.07. The first-order chi connectivity index (χ1) is 16.7. The lowest BCUT2D eigenvalue weighted by atomic mass is 9.91. The molecule has 0 aliphatic carbocycles. The second-order valence-electron chi connectivity index (χ2n) is 11.1. The van der Waals surface area contributed by atoms with E-state index in [0.717, 1.165) is 30.4 Å². The fourth-order valence-electron chi connectivity index (χ4n) is 4.02. The highest BCUT2D eigenvalue weighted by atomic mass is 16.6. The molecule has 8 nitrogen and oxygen atoms in total.